The Bertz CT molecular complexity index is 1100. The lowest BCUT2D eigenvalue weighted by Crippen LogP contribution is -2.58. The Hall–Kier alpha value is -3.01. The fourth-order valence-corrected chi connectivity index (χ4v) is 3.84. The number of ether oxygens (including phenoxy) is 1. The number of carbonyl (C=O) groups is 2. The number of likely N-dealkylation sites (tertiary alicyclic amines) is 1. The van der Waals surface area contributed by atoms with E-state index in [0.717, 1.165) is 21.9 Å². The quantitative estimate of drug-likeness (QED) is 0.698. The largest absolute Gasteiger partial charge is 0.468 e. The van der Waals surface area contributed by atoms with Crippen molar-refractivity contribution in [3.05, 3.63) is 52.0 Å². The van der Waals surface area contributed by atoms with Gasteiger partial charge in [0, 0.05) is 24.6 Å². The van der Waals surface area contributed by atoms with E-state index >= 15 is 0 Å². The average molecular weight is 459 g/mol. The monoisotopic (exact) mass is 458 g/mol. The number of likely N-dealkylation sites (N-methyl/N-ethyl adjacent to an activating group) is 1. The second-order valence-corrected chi connectivity index (χ2v) is 7.83. The van der Waals surface area contributed by atoms with Crippen LogP contribution in [0.5, 0.6) is 5.75 Å². The predicted molar refractivity (Wildman–Crippen MR) is 102 cm³/mol. The highest BCUT2D eigenvalue weighted by Crippen LogP contribution is 2.41. The molecule has 1 fully saturated rings. The lowest BCUT2D eigenvalue weighted by Gasteiger charge is -2.38. The van der Waals surface area contributed by atoms with E-state index in [0.29, 0.717) is 5.56 Å². The average Bonchev–Trinajstić information content (AvgIpc) is 3.11. The SMILES string of the molecule is CN(C(=O)O)C1Cc2cc(-c3ccc(C(=O)N4CC(F)(F)C4)c(F)c3F)cc(Cl)c2O1. The topological polar surface area (TPSA) is 70.1 Å². The second-order valence-electron chi connectivity index (χ2n) is 7.42. The Morgan fingerprint density at radius 3 is 2.52 bits per heavy atom. The molecule has 0 aliphatic carbocycles. The van der Waals surface area contributed by atoms with Crippen molar-refractivity contribution in [2.45, 2.75) is 18.6 Å². The Morgan fingerprint density at radius 2 is 1.90 bits per heavy atom. The summed E-state index contributed by atoms with van der Waals surface area (Å²) in [7, 11) is 1.33. The van der Waals surface area contributed by atoms with Gasteiger partial charge >= 0.3 is 6.09 Å². The van der Waals surface area contributed by atoms with Crippen molar-refractivity contribution in [2.24, 2.45) is 0 Å². The van der Waals surface area contributed by atoms with Crippen LogP contribution in [-0.4, -0.2) is 59.2 Å². The number of carboxylic acid groups (broad SMARTS) is 1. The first-order valence-electron chi connectivity index (χ1n) is 9.09. The van der Waals surface area contributed by atoms with Gasteiger partial charge in [-0.2, -0.15) is 0 Å². The highest BCUT2D eigenvalue weighted by molar-refractivity contribution is 6.32. The van der Waals surface area contributed by atoms with Crippen molar-refractivity contribution in [1.29, 1.82) is 0 Å². The first-order valence-corrected chi connectivity index (χ1v) is 9.46. The molecular weight excluding hydrogens is 444 g/mol. The molecule has 2 amide bonds. The highest BCUT2D eigenvalue weighted by Gasteiger charge is 2.47. The van der Waals surface area contributed by atoms with Gasteiger partial charge in [0.1, 0.15) is 5.75 Å². The molecule has 2 aliphatic heterocycles. The Morgan fingerprint density at radius 1 is 1.23 bits per heavy atom. The maximum Gasteiger partial charge on any atom is 0.409 e. The number of alkyl halides is 2. The van der Waals surface area contributed by atoms with Crippen molar-refractivity contribution in [2.75, 3.05) is 20.1 Å². The maximum absolute atomic E-state index is 14.8. The van der Waals surface area contributed by atoms with Crippen LogP contribution in [0.25, 0.3) is 11.1 Å². The summed E-state index contributed by atoms with van der Waals surface area (Å²) in [5, 5.41) is 9.18. The summed E-state index contributed by atoms with van der Waals surface area (Å²) in [5.74, 6) is -6.58. The third kappa shape index (κ3) is 3.65. The van der Waals surface area contributed by atoms with Gasteiger partial charge < -0.3 is 14.7 Å². The van der Waals surface area contributed by atoms with Crippen LogP contribution in [0.3, 0.4) is 0 Å². The molecule has 0 spiro atoms. The summed E-state index contributed by atoms with van der Waals surface area (Å²) in [6, 6.07) is 5.02. The van der Waals surface area contributed by atoms with E-state index < -0.39 is 54.4 Å². The van der Waals surface area contributed by atoms with Crippen LogP contribution in [0.4, 0.5) is 22.4 Å². The molecule has 2 heterocycles. The minimum atomic E-state index is -3.03. The van der Waals surface area contributed by atoms with Gasteiger partial charge in [-0.1, -0.05) is 17.7 Å². The van der Waals surface area contributed by atoms with Gasteiger partial charge in [-0.15, -0.1) is 0 Å². The second kappa shape index (κ2) is 7.30. The molecule has 0 aromatic heterocycles. The molecule has 4 rings (SSSR count). The van der Waals surface area contributed by atoms with Crippen molar-refractivity contribution in [3.63, 3.8) is 0 Å². The van der Waals surface area contributed by atoms with Crippen LogP contribution in [0, 0.1) is 11.6 Å². The van der Waals surface area contributed by atoms with E-state index in [9.17, 15) is 27.2 Å². The van der Waals surface area contributed by atoms with E-state index in [4.69, 9.17) is 21.4 Å². The lowest BCUT2D eigenvalue weighted by molar-refractivity contribution is -0.113. The van der Waals surface area contributed by atoms with E-state index in [1.165, 1.54) is 19.2 Å². The number of nitrogens with zero attached hydrogens (tertiary/aromatic N) is 2. The van der Waals surface area contributed by atoms with Gasteiger partial charge in [0.15, 0.2) is 17.9 Å². The van der Waals surface area contributed by atoms with Gasteiger partial charge in [0.2, 0.25) is 0 Å². The smallest absolute Gasteiger partial charge is 0.409 e. The van der Waals surface area contributed by atoms with Crippen molar-refractivity contribution < 1.29 is 37.0 Å². The number of halogens is 5. The van der Waals surface area contributed by atoms with Crippen LogP contribution < -0.4 is 4.74 Å². The molecule has 31 heavy (non-hydrogen) atoms. The minimum Gasteiger partial charge on any atom is -0.468 e. The number of carbonyl (C=O) groups excluding carboxylic acids is 1. The van der Waals surface area contributed by atoms with Crippen LogP contribution in [0.2, 0.25) is 5.02 Å². The summed E-state index contributed by atoms with van der Waals surface area (Å²) < 4.78 is 60.9. The van der Waals surface area contributed by atoms with Gasteiger partial charge in [0.25, 0.3) is 11.8 Å². The molecule has 0 bridgehead atoms. The first-order chi connectivity index (χ1) is 14.5. The molecule has 0 radical (unpaired) electrons. The Labute approximate surface area is 178 Å². The molecule has 1 atom stereocenters. The first kappa shape index (κ1) is 21.2. The Kier molecular flexibility index (Phi) is 5.00. The molecule has 0 saturated carbocycles. The van der Waals surface area contributed by atoms with E-state index in [1.807, 2.05) is 0 Å². The number of amides is 2. The zero-order chi connectivity index (χ0) is 22.7. The van der Waals surface area contributed by atoms with Crippen molar-refractivity contribution >= 4 is 23.6 Å². The van der Waals surface area contributed by atoms with Gasteiger partial charge in [-0.05, 0) is 23.8 Å². The van der Waals surface area contributed by atoms with Gasteiger partial charge in [-0.25, -0.2) is 22.4 Å². The van der Waals surface area contributed by atoms with E-state index in [2.05, 4.69) is 0 Å². The summed E-state index contributed by atoms with van der Waals surface area (Å²) in [5.41, 5.74) is -0.140. The fraction of sp³-hybridized carbons (Fsp3) is 0.300. The molecule has 2 aromatic rings. The molecule has 2 aromatic carbocycles. The molecule has 1 saturated heterocycles. The molecule has 1 N–H and O–H groups in total. The van der Waals surface area contributed by atoms with E-state index in [-0.39, 0.29) is 28.3 Å². The molecule has 11 heteroatoms. The van der Waals surface area contributed by atoms with Crippen LogP contribution in [-0.2, 0) is 6.42 Å². The lowest BCUT2D eigenvalue weighted by atomic mass is 9.98. The minimum absolute atomic E-state index is 0.0801. The number of fused-ring (bicyclic) bond motifs is 1. The number of rotatable bonds is 3. The van der Waals surface area contributed by atoms with Gasteiger partial charge in [-0.3, -0.25) is 9.69 Å². The predicted octanol–water partition coefficient (Wildman–Crippen LogP) is 4.25. The Balaban J connectivity index is 1.64. The summed E-state index contributed by atoms with van der Waals surface area (Å²) in [6.45, 7) is -1.69. The molecule has 1 unspecified atom stereocenters. The number of hydrogen-bond acceptors (Lipinski definition) is 3. The normalized spacial score (nSPS) is 18.8. The fourth-order valence-electron chi connectivity index (χ4n) is 3.56. The zero-order valence-corrected chi connectivity index (χ0v) is 16.7. The zero-order valence-electron chi connectivity index (χ0n) is 16.0. The third-order valence-corrected chi connectivity index (χ3v) is 5.54. The summed E-state index contributed by atoms with van der Waals surface area (Å²) >= 11 is 6.20. The molecule has 6 nitrogen and oxygen atoms in total. The molecule has 2 aliphatic rings. The van der Waals surface area contributed by atoms with Crippen LogP contribution in [0.1, 0.15) is 15.9 Å². The van der Waals surface area contributed by atoms with Gasteiger partial charge in [0.05, 0.1) is 23.7 Å². The van der Waals surface area contributed by atoms with Crippen LogP contribution >= 0.6 is 11.6 Å². The summed E-state index contributed by atoms with van der Waals surface area (Å²) in [4.78, 5) is 25.0. The molecule has 164 valence electrons. The van der Waals surface area contributed by atoms with Crippen molar-refractivity contribution in [1.82, 2.24) is 9.80 Å². The molecular formula is C20H15ClF4N2O4. The summed E-state index contributed by atoms with van der Waals surface area (Å²) in [6.07, 6.45) is -1.88. The maximum atomic E-state index is 14.8. The number of hydrogen-bond donors (Lipinski definition) is 1. The highest BCUT2D eigenvalue weighted by atomic mass is 35.5. The van der Waals surface area contributed by atoms with E-state index in [1.54, 1.807) is 0 Å². The van der Waals surface area contributed by atoms with Crippen LogP contribution in [0.15, 0.2) is 24.3 Å². The van der Waals surface area contributed by atoms with Crippen molar-refractivity contribution in [3.8, 4) is 16.9 Å². The third-order valence-electron chi connectivity index (χ3n) is 5.26. The standard InChI is InChI=1S/C20H15ClF4N2O4/c1-26(19(29)30)14-6-10-4-9(5-13(21)17(10)31-14)11-2-3-12(16(23)15(11)22)18(28)27-7-20(24,25)8-27/h2-5,14H,6-8H2,1H3,(H,29,30). The number of benzene rings is 2.